The smallest absolute Gasteiger partial charge is 0.407 e. The molecule has 3 aromatic rings. The highest BCUT2D eigenvalue weighted by atomic mass is 32.2. The van der Waals surface area contributed by atoms with E-state index >= 15 is 0 Å². The lowest BCUT2D eigenvalue weighted by Gasteiger charge is -2.41. The number of esters is 1. The minimum absolute atomic E-state index is 0.0135. The second-order valence-electron chi connectivity index (χ2n) is 11.8. The van der Waals surface area contributed by atoms with Gasteiger partial charge in [-0.1, -0.05) is 77.1 Å². The summed E-state index contributed by atoms with van der Waals surface area (Å²) in [5.41, 5.74) is 2.53. The van der Waals surface area contributed by atoms with Gasteiger partial charge in [0.25, 0.3) is 0 Å². The number of β-lactam (4-membered cyclic amide) rings is 1. The standard InChI is InChI=1S/C31H35N5O6S/c1-20-10-12-22(13-11-20)18-41-28(39)31(36-17-23(33-34-36)16-32-29(40)42-30(2,3)4)19-35-26(38)25(27(35)43-31)15-24(37)14-21-8-6-5-7-9-21/h5-13,17,25,27H,14-16,18-19H2,1-4H3,(H,32,40)/t25-,27?,31-/m1/s1. The van der Waals surface area contributed by atoms with Gasteiger partial charge in [0.15, 0.2) is 0 Å². The minimum Gasteiger partial charge on any atom is -0.458 e. The van der Waals surface area contributed by atoms with E-state index in [9.17, 15) is 19.2 Å². The van der Waals surface area contributed by atoms with Crippen LogP contribution in [-0.2, 0) is 48.3 Å². The average Bonchev–Trinajstić information content (AvgIpc) is 3.58. The summed E-state index contributed by atoms with van der Waals surface area (Å²) in [6.07, 6.45) is 1.27. The number of Topliss-reactive ketones (excluding diaryl/α,β-unsaturated/α-hetero) is 1. The number of aryl methyl sites for hydroxylation is 1. The van der Waals surface area contributed by atoms with Crippen molar-refractivity contribution in [3.63, 3.8) is 0 Å². The Kier molecular flexibility index (Phi) is 8.59. The first-order valence-corrected chi connectivity index (χ1v) is 15.0. The number of amides is 2. The number of hydrogen-bond donors (Lipinski definition) is 1. The number of nitrogens with zero attached hydrogens (tertiary/aromatic N) is 4. The van der Waals surface area contributed by atoms with E-state index < -0.39 is 33.8 Å². The average molecular weight is 606 g/mol. The van der Waals surface area contributed by atoms with Crippen LogP contribution in [0.2, 0.25) is 0 Å². The number of aromatic nitrogens is 3. The van der Waals surface area contributed by atoms with Gasteiger partial charge in [-0.15, -0.1) is 5.10 Å². The SMILES string of the molecule is Cc1ccc(COC(=O)[C@@]2(n3cc(CNC(=O)OC(C)(C)C)nn3)CN3C(=O)[C@@H](CC(=O)Cc4ccccc4)C3S2)cc1. The van der Waals surface area contributed by atoms with Crippen LogP contribution in [0.4, 0.5) is 4.79 Å². The summed E-state index contributed by atoms with van der Waals surface area (Å²) in [6.45, 7) is 7.35. The molecule has 1 N–H and O–H groups in total. The van der Waals surface area contributed by atoms with Gasteiger partial charge in [0.1, 0.15) is 23.7 Å². The van der Waals surface area contributed by atoms with E-state index in [0.717, 1.165) is 16.7 Å². The molecule has 0 aliphatic carbocycles. The van der Waals surface area contributed by atoms with E-state index in [4.69, 9.17) is 9.47 Å². The van der Waals surface area contributed by atoms with Crippen LogP contribution >= 0.6 is 11.8 Å². The Morgan fingerprint density at radius 1 is 1.07 bits per heavy atom. The molecule has 3 heterocycles. The third-order valence-corrected chi connectivity index (χ3v) is 8.87. The number of hydrogen-bond acceptors (Lipinski definition) is 9. The van der Waals surface area contributed by atoms with Crippen LogP contribution in [0.15, 0.2) is 60.8 Å². The van der Waals surface area contributed by atoms with Crippen molar-refractivity contribution >= 4 is 35.5 Å². The Hall–Kier alpha value is -4.19. The molecular weight excluding hydrogens is 570 g/mol. The van der Waals surface area contributed by atoms with Gasteiger partial charge in [0.05, 0.1) is 30.6 Å². The van der Waals surface area contributed by atoms with E-state index in [0.29, 0.717) is 5.69 Å². The van der Waals surface area contributed by atoms with Gasteiger partial charge in [-0.2, -0.15) is 0 Å². The molecule has 11 nitrogen and oxygen atoms in total. The summed E-state index contributed by atoms with van der Waals surface area (Å²) >= 11 is 1.24. The van der Waals surface area contributed by atoms with Gasteiger partial charge in [-0.3, -0.25) is 9.59 Å². The van der Waals surface area contributed by atoms with Gasteiger partial charge < -0.3 is 19.7 Å². The molecule has 3 atom stereocenters. The highest BCUT2D eigenvalue weighted by Gasteiger charge is 2.64. The zero-order chi connectivity index (χ0) is 30.8. The van der Waals surface area contributed by atoms with Crippen molar-refractivity contribution in [1.29, 1.82) is 0 Å². The molecule has 2 fully saturated rings. The van der Waals surface area contributed by atoms with Gasteiger partial charge in [-0.05, 0) is 38.8 Å². The molecule has 43 heavy (non-hydrogen) atoms. The molecule has 0 spiro atoms. The number of nitrogens with one attached hydrogen (secondary N) is 1. The number of carbonyl (C=O) groups is 4. The van der Waals surface area contributed by atoms with Crippen LogP contribution in [0.25, 0.3) is 0 Å². The number of rotatable bonds is 10. The highest BCUT2D eigenvalue weighted by Crippen LogP contribution is 2.53. The number of fused-ring (bicyclic) bond motifs is 1. The molecule has 1 unspecified atom stereocenters. The molecule has 0 bridgehead atoms. The van der Waals surface area contributed by atoms with E-state index in [1.165, 1.54) is 16.4 Å². The lowest BCUT2D eigenvalue weighted by molar-refractivity contribution is -0.157. The maximum absolute atomic E-state index is 13.8. The van der Waals surface area contributed by atoms with Crippen molar-refractivity contribution in [1.82, 2.24) is 25.2 Å². The van der Waals surface area contributed by atoms with E-state index in [1.807, 2.05) is 61.5 Å². The minimum atomic E-state index is -1.42. The lowest BCUT2D eigenvalue weighted by Crippen LogP contribution is -2.57. The van der Waals surface area contributed by atoms with Crippen molar-refractivity contribution < 1.29 is 28.7 Å². The van der Waals surface area contributed by atoms with Crippen molar-refractivity contribution in [3.8, 4) is 0 Å². The predicted octanol–water partition coefficient (Wildman–Crippen LogP) is 3.74. The molecule has 2 aromatic carbocycles. The molecule has 12 heteroatoms. The Bertz CT molecular complexity index is 1500. The highest BCUT2D eigenvalue weighted by molar-refractivity contribution is 8.01. The van der Waals surface area contributed by atoms with Crippen molar-refractivity contribution in [2.24, 2.45) is 5.92 Å². The molecule has 2 saturated heterocycles. The summed E-state index contributed by atoms with van der Waals surface area (Å²) in [5.74, 6) is -1.35. The van der Waals surface area contributed by atoms with Crippen LogP contribution in [0.1, 0.15) is 49.6 Å². The third kappa shape index (κ3) is 6.90. The summed E-state index contributed by atoms with van der Waals surface area (Å²) in [5, 5.41) is 10.6. The molecule has 226 valence electrons. The second kappa shape index (κ2) is 12.2. The fraction of sp³-hybridized carbons (Fsp3) is 0.419. The fourth-order valence-corrected chi connectivity index (χ4v) is 6.67. The monoisotopic (exact) mass is 605 g/mol. The zero-order valence-electron chi connectivity index (χ0n) is 24.6. The topological polar surface area (TPSA) is 133 Å². The largest absolute Gasteiger partial charge is 0.458 e. The Morgan fingerprint density at radius 2 is 1.79 bits per heavy atom. The Morgan fingerprint density at radius 3 is 2.49 bits per heavy atom. The fourth-order valence-electron chi connectivity index (χ4n) is 5.02. The van der Waals surface area contributed by atoms with Gasteiger partial charge in [-0.25, -0.2) is 14.3 Å². The number of thioether (sulfide) groups is 1. The third-order valence-electron chi connectivity index (χ3n) is 7.18. The molecule has 2 aliphatic rings. The number of benzene rings is 2. The Balaban J connectivity index is 1.32. The van der Waals surface area contributed by atoms with Gasteiger partial charge >= 0.3 is 12.1 Å². The van der Waals surface area contributed by atoms with E-state index in [1.54, 1.807) is 31.9 Å². The summed E-state index contributed by atoms with van der Waals surface area (Å²) < 4.78 is 12.5. The number of carbonyl (C=O) groups excluding carboxylic acids is 4. The van der Waals surface area contributed by atoms with Crippen molar-refractivity contribution in [2.45, 2.75) is 69.5 Å². The number of ketones is 1. The first-order chi connectivity index (χ1) is 20.4. The van der Waals surface area contributed by atoms with E-state index in [2.05, 4.69) is 15.6 Å². The van der Waals surface area contributed by atoms with Crippen LogP contribution in [0.5, 0.6) is 0 Å². The maximum Gasteiger partial charge on any atom is 0.407 e. The molecule has 1 aromatic heterocycles. The first-order valence-electron chi connectivity index (χ1n) is 14.1. The number of alkyl carbamates (subject to hydrolysis) is 1. The molecule has 0 radical (unpaired) electrons. The van der Waals surface area contributed by atoms with Crippen LogP contribution < -0.4 is 5.32 Å². The summed E-state index contributed by atoms with van der Waals surface area (Å²) in [4.78, 5) is 52.2. The van der Waals surface area contributed by atoms with Crippen LogP contribution in [0, 0.1) is 12.8 Å². The zero-order valence-corrected chi connectivity index (χ0v) is 25.4. The lowest BCUT2D eigenvalue weighted by atomic mass is 9.90. The molecule has 2 amide bonds. The van der Waals surface area contributed by atoms with Crippen molar-refractivity contribution in [2.75, 3.05) is 6.54 Å². The predicted molar refractivity (Wildman–Crippen MR) is 158 cm³/mol. The second-order valence-corrected chi connectivity index (χ2v) is 13.2. The van der Waals surface area contributed by atoms with Crippen LogP contribution in [0.3, 0.4) is 0 Å². The molecule has 2 aliphatic heterocycles. The van der Waals surface area contributed by atoms with Crippen LogP contribution in [-0.4, -0.2) is 61.2 Å². The first kappa shape index (κ1) is 30.3. The Labute approximate surface area is 254 Å². The summed E-state index contributed by atoms with van der Waals surface area (Å²) in [7, 11) is 0. The molecular formula is C31H35N5O6S. The normalized spacial score (nSPS) is 21.1. The van der Waals surface area contributed by atoms with Gasteiger partial charge in [0, 0.05) is 12.8 Å². The van der Waals surface area contributed by atoms with Crippen molar-refractivity contribution in [3.05, 3.63) is 83.2 Å². The van der Waals surface area contributed by atoms with E-state index in [-0.39, 0.29) is 44.2 Å². The molecule has 0 saturated carbocycles. The number of ether oxygens (including phenoxy) is 2. The quantitative estimate of drug-likeness (QED) is 0.271. The molecule has 5 rings (SSSR count). The summed E-state index contributed by atoms with van der Waals surface area (Å²) in [6, 6.07) is 17.0. The van der Waals surface area contributed by atoms with Gasteiger partial charge in [0.2, 0.25) is 10.8 Å². The maximum atomic E-state index is 13.8.